The molecule has 0 aliphatic rings. The van der Waals surface area contributed by atoms with Crippen molar-refractivity contribution in [2.45, 2.75) is 6.92 Å². The van der Waals surface area contributed by atoms with Crippen LogP contribution in [-0.4, -0.2) is 20.9 Å². The van der Waals surface area contributed by atoms with E-state index in [1.807, 2.05) is 6.92 Å². The second-order valence-electron chi connectivity index (χ2n) is 4.79. The van der Waals surface area contributed by atoms with Crippen LogP contribution in [0.25, 0.3) is 0 Å². The Labute approximate surface area is 156 Å². The molecule has 2 aromatic carbocycles. The second kappa shape index (κ2) is 8.68. The van der Waals surface area contributed by atoms with E-state index in [2.05, 4.69) is 5.32 Å². The monoisotopic (exact) mass is 398 g/mol. The SMILES string of the molecule is CCSC(=S)NC(=O)c1ccc([N+](=O)[O-])c(Oc2ccc(F)cc2F)c1. The number of nitrogens with one attached hydrogen (secondary N) is 1. The van der Waals surface area contributed by atoms with E-state index in [-0.39, 0.29) is 15.6 Å². The van der Waals surface area contributed by atoms with E-state index in [1.54, 1.807) is 0 Å². The molecule has 2 rings (SSSR count). The number of rotatable bonds is 5. The standard InChI is InChI=1S/C16H12F2N2O4S2/c1-2-26-16(25)19-15(21)9-3-5-12(20(22)23)14(7-9)24-13-6-4-10(17)8-11(13)18/h3-8H,2H2,1H3,(H,19,21,25). The molecule has 0 fully saturated rings. The molecule has 0 saturated heterocycles. The van der Waals surface area contributed by atoms with E-state index in [9.17, 15) is 23.7 Å². The van der Waals surface area contributed by atoms with E-state index < -0.39 is 33.9 Å². The average Bonchev–Trinajstić information content (AvgIpc) is 2.57. The average molecular weight is 398 g/mol. The van der Waals surface area contributed by atoms with E-state index in [0.29, 0.717) is 11.8 Å². The molecule has 136 valence electrons. The highest BCUT2D eigenvalue weighted by molar-refractivity contribution is 8.23. The molecule has 0 aliphatic carbocycles. The maximum absolute atomic E-state index is 13.8. The van der Waals surface area contributed by atoms with Gasteiger partial charge >= 0.3 is 5.69 Å². The van der Waals surface area contributed by atoms with Gasteiger partial charge < -0.3 is 10.1 Å². The molecule has 0 heterocycles. The van der Waals surface area contributed by atoms with Crippen LogP contribution in [0.15, 0.2) is 36.4 Å². The number of carbonyl (C=O) groups is 1. The van der Waals surface area contributed by atoms with Crippen LogP contribution in [0.5, 0.6) is 11.5 Å². The van der Waals surface area contributed by atoms with Crippen molar-refractivity contribution in [3.63, 3.8) is 0 Å². The van der Waals surface area contributed by atoms with Crippen molar-refractivity contribution in [3.05, 3.63) is 63.7 Å². The molecule has 1 amide bonds. The van der Waals surface area contributed by atoms with E-state index in [4.69, 9.17) is 17.0 Å². The summed E-state index contributed by atoms with van der Waals surface area (Å²) in [5.41, 5.74) is -0.442. The molecule has 10 heteroatoms. The molecule has 0 aromatic heterocycles. The van der Waals surface area contributed by atoms with Gasteiger partial charge in [-0.05, 0) is 24.0 Å². The number of nitro benzene ring substituents is 1. The highest BCUT2D eigenvalue weighted by Gasteiger charge is 2.20. The minimum absolute atomic E-state index is 0.0344. The van der Waals surface area contributed by atoms with Crippen molar-refractivity contribution in [3.8, 4) is 11.5 Å². The third-order valence-corrected chi connectivity index (χ3v) is 4.13. The number of nitrogens with zero attached hydrogens (tertiary/aromatic N) is 1. The minimum atomic E-state index is -1.03. The Kier molecular flexibility index (Phi) is 6.58. The van der Waals surface area contributed by atoms with Crippen molar-refractivity contribution in [2.75, 3.05) is 5.75 Å². The smallest absolute Gasteiger partial charge is 0.311 e. The summed E-state index contributed by atoms with van der Waals surface area (Å²) in [6, 6.07) is 5.89. The van der Waals surface area contributed by atoms with Crippen molar-refractivity contribution >= 4 is 39.9 Å². The number of carbonyl (C=O) groups excluding carboxylic acids is 1. The summed E-state index contributed by atoms with van der Waals surface area (Å²) in [6.45, 7) is 1.86. The zero-order chi connectivity index (χ0) is 19.3. The molecule has 0 bridgehead atoms. The number of halogens is 2. The molecule has 0 radical (unpaired) electrons. The largest absolute Gasteiger partial charge is 0.447 e. The maximum atomic E-state index is 13.8. The van der Waals surface area contributed by atoms with Gasteiger partial charge in [0.2, 0.25) is 5.75 Å². The fourth-order valence-electron chi connectivity index (χ4n) is 1.90. The predicted octanol–water partition coefficient (Wildman–Crippen LogP) is 4.43. The first kappa shape index (κ1) is 19.7. The van der Waals surface area contributed by atoms with Gasteiger partial charge in [0.25, 0.3) is 5.91 Å². The van der Waals surface area contributed by atoms with Crippen molar-refractivity contribution in [1.29, 1.82) is 0 Å². The highest BCUT2D eigenvalue weighted by atomic mass is 32.2. The Morgan fingerprint density at radius 3 is 2.62 bits per heavy atom. The number of benzene rings is 2. The van der Waals surface area contributed by atoms with E-state index in [1.165, 1.54) is 17.8 Å². The molecule has 0 aliphatic heterocycles. The second-order valence-corrected chi connectivity index (χ2v) is 6.73. The third kappa shape index (κ3) is 4.96. The summed E-state index contributed by atoms with van der Waals surface area (Å²) < 4.78 is 32.2. The Morgan fingerprint density at radius 1 is 1.27 bits per heavy atom. The van der Waals surface area contributed by atoms with E-state index in [0.717, 1.165) is 24.3 Å². The first-order chi connectivity index (χ1) is 12.3. The molecule has 0 saturated carbocycles. The van der Waals surface area contributed by atoms with Crippen molar-refractivity contribution < 1.29 is 23.2 Å². The Balaban J connectivity index is 2.35. The highest BCUT2D eigenvalue weighted by Crippen LogP contribution is 2.33. The molecule has 0 unspecified atom stereocenters. The van der Waals surface area contributed by atoms with Gasteiger partial charge in [0.15, 0.2) is 11.6 Å². The summed E-state index contributed by atoms with van der Waals surface area (Å²) >= 11 is 6.22. The fourth-order valence-corrected chi connectivity index (χ4v) is 2.77. The van der Waals surface area contributed by atoms with Gasteiger partial charge in [-0.15, -0.1) is 0 Å². The lowest BCUT2D eigenvalue weighted by Gasteiger charge is -2.10. The maximum Gasteiger partial charge on any atom is 0.311 e. The van der Waals surface area contributed by atoms with E-state index >= 15 is 0 Å². The molecular weight excluding hydrogens is 386 g/mol. The topological polar surface area (TPSA) is 81.5 Å². The molecular formula is C16H12F2N2O4S2. The number of thioether (sulfide) groups is 1. The lowest BCUT2D eigenvalue weighted by molar-refractivity contribution is -0.385. The van der Waals surface area contributed by atoms with Crippen LogP contribution >= 0.6 is 24.0 Å². The summed E-state index contributed by atoms with van der Waals surface area (Å²) in [4.78, 5) is 22.6. The normalized spacial score (nSPS) is 10.3. The Bertz CT molecular complexity index is 877. The third-order valence-electron chi connectivity index (χ3n) is 3.02. The molecule has 1 N–H and O–H groups in total. The van der Waals surface area contributed by atoms with Crippen LogP contribution in [0.3, 0.4) is 0 Å². The van der Waals surface area contributed by atoms with Gasteiger partial charge in [0.05, 0.1) is 4.92 Å². The quantitative estimate of drug-likeness (QED) is 0.456. The number of amides is 1. The molecule has 0 spiro atoms. The van der Waals surface area contributed by atoms with Gasteiger partial charge in [-0.25, -0.2) is 8.78 Å². The van der Waals surface area contributed by atoms with Gasteiger partial charge in [0, 0.05) is 23.8 Å². The summed E-state index contributed by atoms with van der Waals surface area (Å²) in [5, 5.41) is 13.6. The molecule has 26 heavy (non-hydrogen) atoms. The fraction of sp³-hybridized carbons (Fsp3) is 0.125. The first-order valence-corrected chi connectivity index (χ1v) is 8.60. The van der Waals surface area contributed by atoms with Crippen LogP contribution in [0.1, 0.15) is 17.3 Å². The van der Waals surface area contributed by atoms with Gasteiger partial charge in [-0.1, -0.05) is 30.9 Å². The first-order valence-electron chi connectivity index (χ1n) is 7.21. The van der Waals surface area contributed by atoms with Crippen molar-refractivity contribution in [2.24, 2.45) is 0 Å². The number of thiocarbonyl (C=S) groups is 1. The summed E-state index contributed by atoms with van der Waals surface area (Å²) in [6.07, 6.45) is 0. The lowest BCUT2D eigenvalue weighted by Crippen LogP contribution is -2.26. The number of nitro groups is 1. The van der Waals surface area contributed by atoms with Crippen LogP contribution < -0.4 is 10.1 Å². The zero-order valence-electron chi connectivity index (χ0n) is 13.3. The van der Waals surface area contributed by atoms with Crippen LogP contribution in [0.4, 0.5) is 14.5 Å². The lowest BCUT2D eigenvalue weighted by atomic mass is 10.1. The Hall–Kier alpha value is -2.59. The van der Waals surface area contributed by atoms with Gasteiger partial charge in [0.1, 0.15) is 10.1 Å². The molecule has 6 nitrogen and oxygen atoms in total. The van der Waals surface area contributed by atoms with Crippen molar-refractivity contribution in [1.82, 2.24) is 5.32 Å². The van der Waals surface area contributed by atoms with Crippen LogP contribution in [0.2, 0.25) is 0 Å². The minimum Gasteiger partial charge on any atom is -0.447 e. The van der Waals surface area contributed by atoms with Crippen LogP contribution in [0, 0.1) is 21.7 Å². The molecule has 0 atom stereocenters. The number of hydrogen-bond donors (Lipinski definition) is 1. The molecule has 2 aromatic rings. The zero-order valence-corrected chi connectivity index (χ0v) is 15.0. The van der Waals surface area contributed by atoms with Gasteiger partial charge in [-0.2, -0.15) is 0 Å². The predicted molar refractivity (Wildman–Crippen MR) is 97.7 cm³/mol. The van der Waals surface area contributed by atoms with Crippen LogP contribution in [-0.2, 0) is 0 Å². The van der Waals surface area contributed by atoms with Gasteiger partial charge in [-0.3, -0.25) is 14.9 Å². The number of hydrogen-bond acceptors (Lipinski definition) is 6. The summed E-state index contributed by atoms with van der Waals surface area (Å²) in [7, 11) is 0. The Morgan fingerprint density at radius 2 is 2.00 bits per heavy atom. The number of ether oxygens (including phenoxy) is 1. The summed E-state index contributed by atoms with van der Waals surface area (Å²) in [5.74, 6) is -2.55.